The molecule has 0 aromatic carbocycles. The summed E-state index contributed by atoms with van der Waals surface area (Å²) in [7, 11) is 0. The fraction of sp³-hybridized carbons (Fsp3) is 0.500. The molecule has 3 rings (SSSR count). The van der Waals surface area contributed by atoms with E-state index >= 15 is 0 Å². The van der Waals surface area contributed by atoms with Crippen molar-refractivity contribution in [2.24, 2.45) is 5.92 Å². The lowest BCUT2D eigenvalue weighted by atomic mass is 10.0. The molecule has 6 nitrogen and oxygen atoms in total. The zero-order valence-electron chi connectivity index (χ0n) is 15.5. The minimum absolute atomic E-state index is 0.0279. The predicted molar refractivity (Wildman–Crippen MR) is 99.6 cm³/mol. The largest absolute Gasteiger partial charge is 0.375 e. The Hall–Kier alpha value is -2.34. The first-order valence-electron chi connectivity index (χ1n) is 9.27. The molecule has 1 aliphatic heterocycles. The Morgan fingerprint density at radius 3 is 2.81 bits per heavy atom. The van der Waals surface area contributed by atoms with Gasteiger partial charge in [-0.15, -0.1) is 0 Å². The van der Waals surface area contributed by atoms with E-state index in [9.17, 15) is 4.79 Å². The van der Waals surface area contributed by atoms with Gasteiger partial charge in [-0.2, -0.15) is 0 Å². The standard InChI is InChI=1S/C20H26N4O2/c1-15(2)5-3-7-18-14-24(9-10-26-18)20(25)17-12-22-19(23-13-17)16-6-4-8-21-11-16/h4,6,8,11-13,15,18H,3,5,7,9-10,14H2,1-2H3. The van der Waals surface area contributed by atoms with Gasteiger partial charge < -0.3 is 9.64 Å². The van der Waals surface area contributed by atoms with Crippen molar-refractivity contribution < 1.29 is 9.53 Å². The highest BCUT2D eigenvalue weighted by Crippen LogP contribution is 2.17. The molecule has 2 aromatic rings. The molecular formula is C20H26N4O2. The predicted octanol–water partition coefficient (Wildman–Crippen LogP) is 3.21. The van der Waals surface area contributed by atoms with Gasteiger partial charge in [-0.05, 0) is 24.5 Å². The lowest BCUT2D eigenvalue weighted by molar-refractivity contribution is -0.0260. The van der Waals surface area contributed by atoms with Crippen LogP contribution >= 0.6 is 0 Å². The Balaban J connectivity index is 1.59. The van der Waals surface area contributed by atoms with Gasteiger partial charge in [0.25, 0.3) is 5.91 Å². The van der Waals surface area contributed by atoms with Crippen LogP contribution in [0, 0.1) is 5.92 Å². The van der Waals surface area contributed by atoms with Gasteiger partial charge in [-0.25, -0.2) is 9.97 Å². The summed E-state index contributed by atoms with van der Waals surface area (Å²) in [4.78, 5) is 27.3. The number of hydrogen-bond acceptors (Lipinski definition) is 5. The second-order valence-corrected chi connectivity index (χ2v) is 7.11. The zero-order valence-corrected chi connectivity index (χ0v) is 15.5. The highest BCUT2D eigenvalue weighted by Gasteiger charge is 2.25. The number of nitrogens with zero attached hydrogens (tertiary/aromatic N) is 4. The number of carbonyl (C=O) groups is 1. The summed E-state index contributed by atoms with van der Waals surface area (Å²) in [6.45, 7) is 6.30. The molecule has 2 aromatic heterocycles. The molecule has 138 valence electrons. The summed E-state index contributed by atoms with van der Waals surface area (Å²) in [5.74, 6) is 1.25. The number of morpholine rings is 1. The van der Waals surface area contributed by atoms with Gasteiger partial charge in [-0.1, -0.05) is 26.7 Å². The summed E-state index contributed by atoms with van der Waals surface area (Å²) >= 11 is 0. The van der Waals surface area contributed by atoms with Gasteiger partial charge in [0.1, 0.15) is 0 Å². The van der Waals surface area contributed by atoms with Gasteiger partial charge in [0.2, 0.25) is 0 Å². The molecule has 3 heterocycles. The fourth-order valence-electron chi connectivity index (χ4n) is 3.10. The Bertz CT molecular complexity index is 704. The van der Waals surface area contributed by atoms with Crippen molar-refractivity contribution in [3.8, 4) is 11.4 Å². The van der Waals surface area contributed by atoms with E-state index in [4.69, 9.17) is 4.74 Å². The minimum Gasteiger partial charge on any atom is -0.375 e. The maximum absolute atomic E-state index is 12.8. The van der Waals surface area contributed by atoms with Crippen LogP contribution in [-0.2, 0) is 4.74 Å². The first-order chi connectivity index (χ1) is 12.6. The Labute approximate surface area is 154 Å². The van der Waals surface area contributed by atoms with Gasteiger partial charge in [0, 0.05) is 43.4 Å². The quantitative estimate of drug-likeness (QED) is 0.797. The molecule has 26 heavy (non-hydrogen) atoms. The summed E-state index contributed by atoms with van der Waals surface area (Å²) in [5.41, 5.74) is 1.35. The van der Waals surface area contributed by atoms with Crippen LogP contribution in [0.25, 0.3) is 11.4 Å². The van der Waals surface area contributed by atoms with Crippen LogP contribution in [0.4, 0.5) is 0 Å². The maximum atomic E-state index is 12.8. The topological polar surface area (TPSA) is 68.2 Å². The molecule has 0 aliphatic carbocycles. The summed E-state index contributed by atoms with van der Waals surface area (Å²) in [6, 6.07) is 3.73. The van der Waals surface area contributed by atoms with E-state index < -0.39 is 0 Å². The number of ether oxygens (including phenoxy) is 1. The highest BCUT2D eigenvalue weighted by atomic mass is 16.5. The van der Waals surface area contributed by atoms with Crippen molar-refractivity contribution in [1.29, 1.82) is 0 Å². The minimum atomic E-state index is -0.0279. The average molecular weight is 354 g/mol. The van der Waals surface area contributed by atoms with Crippen molar-refractivity contribution in [2.45, 2.75) is 39.2 Å². The highest BCUT2D eigenvalue weighted by molar-refractivity contribution is 5.93. The van der Waals surface area contributed by atoms with E-state index in [0.29, 0.717) is 37.0 Å². The number of hydrogen-bond donors (Lipinski definition) is 0. The third kappa shape index (κ3) is 4.85. The lowest BCUT2D eigenvalue weighted by Crippen LogP contribution is -2.45. The van der Waals surface area contributed by atoms with Crippen LogP contribution in [0.15, 0.2) is 36.9 Å². The van der Waals surface area contributed by atoms with E-state index in [0.717, 1.165) is 18.4 Å². The van der Waals surface area contributed by atoms with Crippen molar-refractivity contribution in [2.75, 3.05) is 19.7 Å². The molecule has 1 atom stereocenters. The Morgan fingerprint density at radius 1 is 1.31 bits per heavy atom. The third-order valence-electron chi connectivity index (χ3n) is 4.55. The number of aromatic nitrogens is 3. The van der Waals surface area contributed by atoms with Crippen molar-refractivity contribution >= 4 is 5.91 Å². The molecule has 0 spiro atoms. The van der Waals surface area contributed by atoms with Gasteiger partial charge in [0.05, 0.1) is 18.3 Å². The number of carbonyl (C=O) groups excluding carboxylic acids is 1. The average Bonchev–Trinajstić information content (AvgIpc) is 2.68. The van der Waals surface area contributed by atoms with E-state index in [1.807, 2.05) is 17.0 Å². The second-order valence-electron chi connectivity index (χ2n) is 7.11. The van der Waals surface area contributed by atoms with E-state index in [1.54, 1.807) is 24.8 Å². The monoisotopic (exact) mass is 354 g/mol. The van der Waals surface area contributed by atoms with Crippen molar-refractivity contribution in [3.05, 3.63) is 42.5 Å². The van der Waals surface area contributed by atoms with Crippen LogP contribution in [-0.4, -0.2) is 51.6 Å². The molecule has 1 aliphatic rings. The fourth-order valence-corrected chi connectivity index (χ4v) is 3.10. The molecule has 0 bridgehead atoms. The van der Waals surface area contributed by atoms with Gasteiger partial charge >= 0.3 is 0 Å². The SMILES string of the molecule is CC(C)CCCC1CN(C(=O)c2cnc(-c3cccnc3)nc2)CCO1. The normalized spacial score (nSPS) is 17.5. The van der Waals surface area contributed by atoms with E-state index in [1.165, 1.54) is 6.42 Å². The Morgan fingerprint density at radius 2 is 2.12 bits per heavy atom. The Kier molecular flexibility index (Phi) is 6.28. The number of rotatable bonds is 6. The molecule has 1 unspecified atom stereocenters. The molecule has 6 heteroatoms. The molecule has 1 fully saturated rings. The smallest absolute Gasteiger partial charge is 0.257 e. The van der Waals surface area contributed by atoms with Crippen LogP contribution in [0.5, 0.6) is 0 Å². The lowest BCUT2D eigenvalue weighted by Gasteiger charge is -2.33. The van der Waals surface area contributed by atoms with Crippen LogP contribution in [0.3, 0.4) is 0 Å². The van der Waals surface area contributed by atoms with Crippen molar-refractivity contribution in [1.82, 2.24) is 19.9 Å². The molecule has 0 radical (unpaired) electrons. The number of amides is 1. The molecular weight excluding hydrogens is 328 g/mol. The van der Waals surface area contributed by atoms with E-state index in [-0.39, 0.29) is 12.0 Å². The van der Waals surface area contributed by atoms with Crippen molar-refractivity contribution in [3.63, 3.8) is 0 Å². The summed E-state index contributed by atoms with van der Waals surface area (Å²) in [5, 5.41) is 0. The molecule has 1 amide bonds. The molecule has 0 saturated carbocycles. The summed E-state index contributed by atoms with van der Waals surface area (Å²) < 4.78 is 5.82. The molecule has 0 N–H and O–H groups in total. The van der Waals surface area contributed by atoms with Crippen LogP contribution < -0.4 is 0 Å². The van der Waals surface area contributed by atoms with E-state index in [2.05, 4.69) is 28.8 Å². The summed E-state index contributed by atoms with van der Waals surface area (Å²) in [6.07, 6.45) is 10.1. The van der Waals surface area contributed by atoms with Crippen LogP contribution in [0.1, 0.15) is 43.5 Å². The third-order valence-corrected chi connectivity index (χ3v) is 4.55. The first kappa shape index (κ1) is 18.5. The van der Waals surface area contributed by atoms with Crippen LogP contribution in [0.2, 0.25) is 0 Å². The molecule has 1 saturated heterocycles. The zero-order chi connectivity index (χ0) is 18.4. The van der Waals surface area contributed by atoms with Gasteiger partial charge in [0.15, 0.2) is 5.82 Å². The second kappa shape index (κ2) is 8.85. The first-order valence-corrected chi connectivity index (χ1v) is 9.27. The van der Waals surface area contributed by atoms with Gasteiger partial charge in [-0.3, -0.25) is 9.78 Å². The number of pyridine rings is 1. The maximum Gasteiger partial charge on any atom is 0.257 e.